The summed E-state index contributed by atoms with van der Waals surface area (Å²) < 4.78 is 10.4. The number of anilines is 2. The molecule has 2 aliphatic rings. The molecule has 8 heteroatoms. The summed E-state index contributed by atoms with van der Waals surface area (Å²) in [4.78, 5) is 22.5. The van der Waals surface area contributed by atoms with E-state index < -0.39 is 11.8 Å². The number of nitrogens with two attached hydrogens (primary N) is 1. The summed E-state index contributed by atoms with van der Waals surface area (Å²) in [5.41, 5.74) is 8.06. The first-order valence-corrected chi connectivity index (χ1v) is 9.94. The smallest absolute Gasteiger partial charge is 0.430 e. The van der Waals surface area contributed by atoms with E-state index in [0.717, 1.165) is 24.7 Å². The molecular formula is C19H22N4O3S. The SMILES string of the molecule is Cc1ccccc1CSc1nc(N)cc(N2CCC3(CC2)COC(=O)O3)n1. The standard InChI is InChI=1S/C19H22N4O3S/c1-13-4-2-3-5-14(13)11-27-17-21-15(20)10-16(22-17)23-8-6-19(7-9-23)12-25-18(24)26-19/h2-5,10H,6-9,11-12H2,1H3,(H2,20,21,22). The van der Waals surface area contributed by atoms with E-state index in [-0.39, 0.29) is 0 Å². The Balaban J connectivity index is 1.43. The average Bonchev–Trinajstić information content (AvgIpc) is 3.01. The van der Waals surface area contributed by atoms with Gasteiger partial charge in [-0.3, -0.25) is 0 Å². The van der Waals surface area contributed by atoms with Gasteiger partial charge in [-0.05, 0) is 18.1 Å². The number of aryl methyl sites for hydroxylation is 1. The van der Waals surface area contributed by atoms with E-state index in [1.807, 2.05) is 12.1 Å². The molecule has 2 saturated heterocycles. The predicted octanol–water partition coefficient (Wildman–Crippen LogP) is 3.17. The van der Waals surface area contributed by atoms with Crippen molar-refractivity contribution < 1.29 is 14.3 Å². The first-order valence-electron chi connectivity index (χ1n) is 8.96. The molecule has 1 spiro atoms. The predicted molar refractivity (Wildman–Crippen MR) is 104 cm³/mol. The van der Waals surface area contributed by atoms with Gasteiger partial charge in [-0.2, -0.15) is 0 Å². The molecule has 0 radical (unpaired) electrons. The minimum atomic E-state index is -0.565. The van der Waals surface area contributed by atoms with Crippen LogP contribution in [-0.2, 0) is 15.2 Å². The van der Waals surface area contributed by atoms with Gasteiger partial charge in [-0.25, -0.2) is 14.8 Å². The number of nitrogens with zero attached hydrogens (tertiary/aromatic N) is 3. The van der Waals surface area contributed by atoms with Crippen LogP contribution in [0.2, 0.25) is 0 Å². The van der Waals surface area contributed by atoms with Crippen molar-refractivity contribution in [3.8, 4) is 0 Å². The van der Waals surface area contributed by atoms with Crippen LogP contribution in [0.5, 0.6) is 0 Å². The number of hydrogen-bond acceptors (Lipinski definition) is 8. The van der Waals surface area contributed by atoms with Gasteiger partial charge in [-0.15, -0.1) is 0 Å². The number of carbonyl (C=O) groups excluding carboxylic acids is 1. The molecule has 1 aromatic heterocycles. The van der Waals surface area contributed by atoms with Crippen molar-refractivity contribution in [1.29, 1.82) is 0 Å². The third-order valence-electron chi connectivity index (χ3n) is 5.08. The summed E-state index contributed by atoms with van der Waals surface area (Å²) in [6.07, 6.45) is 0.868. The third kappa shape index (κ3) is 3.95. The average molecular weight is 386 g/mol. The Hall–Kier alpha value is -2.48. The van der Waals surface area contributed by atoms with E-state index in [4.69, 9.17) is 20.2 Å². The number of thioether (sulfide) groups is 1. The van der Waals surface area contributed by atoms with E-state index in [1.165, 1.54) is 11.1 Å². The molecule has 0 unspecified atom stereocenters. The van der Waals surface area contributed by atoms with Crippen LogP contribution in [0.3, 0.4) is 0 Å². The molecule has 0 amide bonds. The van der Waals surface area contributed by atoms with E-state index in [0.29, 0.717) is 30.4 Å². The topological polar surface area (TPSA) is 90.6 Å². The van der Waals surface area contributed by atoms with Crippen molar-refractivity contribution in [2.45, 2.75) is 36.3 Å². The van der Waals surface area contributed by atoms with Gasteiger partial charge in [0.1, 0.15) is 18.2 Å². The molecule has 0 atom stereocenters. The Bertz CT molecular complexity index is 853. The number of aromatic nitrogens is 2. The number of hydrogen-bond donors (Lipinski definition) is 1. The maximum Gasteiger partial charge on any atom is 0.509 e. The zero-order chi connectivity index (χ0) is 18.9. The summed E-state index contributed by atoms with van der Waals surface area (Å²) in [6.45, 7) is 3.90. The Morgan fingerprint density at radius 3 is 2.74 bits per heavy atom. The summed E-state index contributed by atoms with van der Waals surface area (Å²) >= 11 is 1.58. The highest BCUT2D eigenvalue weighted by Crippen LogP contribution is 2.34. The largest absolute Gasteiger partial charge is 0.509 e. The van der Waals surface area contributed by atoms with E-state index in [9.17, 15) is 4.79 Å². The van der Waals surface area contributed by atoms with Crippen LogP contribution in [0.15, 0.2) is 35.5 Å². The highest BCUT2D eigenvalue weighted by atomic mass is 32.2. The molecular weight excluding hydrogens is 364 g/mol. The lowest BCUT2D eigenvalue weighted by molar-refractivity contribution is 0.0365. The fraction of sp³-hybridized carbons (Fsp3) is 0.421. The highest BCUT2D eigenvalue weighted by molar-refractivity contribution is 7.98. The van der Waals surface area contributed by atoms with E-state index in [1.54, 1.807) is 17.8 Å². The molecule has 0 aliphatic carbocycles. The minimum Gasteiger partial charge on any atom is -0.430 e. The number of ether oxygens (including phenoxy) is 2. The van der Waals surface area contributed by atoms with Gasteiger partial charge in [0.2, 0.25) is 0 Å². The molecule has 0 bridgehead atoms. The van der Waals surface area contributed by atoms with Gasteiger partial charge in [0.05, 0.1) is 0 Å². The highest BCUT2D eigenvalue weighted by Gasteiger charge is 2.44. The van der Waals surface area contributed by atoms with E-state index in [2.05, 4.69) is 28.9 Å². The first kappa shape index (κ1) is 17.9. The zero-order valence-corrected chi connectivity index (χ0v) is 16.0. The summed E-state index contributed by atoms with van der Waals surface area (Å²) in [6, 6.07) is 10.1. The molecule has 4 rings (SSSR count). The number of rotatable bonds is 4. The van der Waals surface area contributed by atoms with Crippen LogP contribution in [0.4, 0.5) is 16.4 Å². The third-order valence-corrected chi connectivity index (χ3v) is 5.98. The lowest BCUT2D eigenvalue weighted by Gasteiger charge is -2.36. The second-order valence-electron chi connectivity index (χ2n) is 6.96. The van der Waals surface area contributed by atoms with Crippen molar-refractivity contribution in [3.05, 3.63) is 41.5 Å². The lowest BCUT2D eigenvalue weighted by atomic mass is 9.92. The molecule has 2 N–H and O–H groups in total. The van der Waals surface area contributed by atoms with Crippen LogP contribution in [0.25, 0.3) is 0 Å². The number of carbonyl (C=O) groups is 1. The van der Waals surface area contributed by atoms with Crippen molar-refractivity contribution >= 4 is 29.6 Å². The Morgan fingerprint density at radius 1 is 1.26 bits per heavy atom. The second kappa shape index (κ2) is 7.26. The van der Waals surface area contributed by atoms with Crippen LogP contribution < -0.4 is 10.6 Å². The number of benzene rings is 1. The Morgan fingerprint density at radius 2 is 2.04 bits per heavy atom. The van der Waals surface area contributed by atoms with Crippen molar-refractivity contribution in [2.24, 2.45) is 0 Å². The summed E-state index contributed by atoms with van der Waals surface area (Å²) in [5.74, 6) is 2.07. The minimum absolute atomic E-state index is 0.336. The Labute approximate surface area is 162 Å². The second-order valence-corrected chi connectivity index (χ2v) is 7.90. The van der Waals surface area contributed by atoms with Gasteiger partial charge in [-0.1, -0.05) is 36.0 Å². The van der Waals surface area contributed by atoms with Crippen LogP contribution in [0, 0.1) is 6.92 Å². The van der Waals surface area contributed by atoms with Gasteiger partial charge in [0.15, 0.2) is 10.8 Å². The van der Waals surface area contributed by atoms with Crippen LogP contribution >= 0.6 is 11.8 Å². The summed E-state index contributed by atoms with van der Waals surface area (Å²) in [5, 5.41) is 0.671. The first-order chi connectivity index (χ1) is 13.0. The molecule has 1 aromatic carbocycles. The zero-order valence-electron chi connectivity index (χ0n) is 15.2. The van der Waals surface area contributed by atoms with Crippen LogP contribution in [0.1, 0.15) is 24.0 Å². The molecule has 2 fully saturated rings. The van der Waals surface area contributed by atoms with Gasteiger partial charge >= 0.3 is 6.16 Å². The number of nitrogen functional groups attached to an aromatic ring is 1. The Kier molecular flexibility index (Phi) is 4.82. The normalized spacial score (nSPS) is 18.4. The fourth-order valence-corrected chi connectivity index (χ4v) is 4.32. The van der Waals surface area contributed by atoms with Crippen LogP contribution in [-0.4, -0.2) is 41.4 Å². The monoisotopic (exact) mass is 386 g/mol. The molecule has 142 valence electrons. The lowest BCUT2D eigenvalue weighted by Crippen LogP contribution is -2.46. The van der Waals surface area contributed by atoms with E-state index >= 15 is 0 Å². The van der Waals surface area contributed by atoms with Gasteiger partial charge in [0, 0.05) is 37.8 Å². The maximum atomic E-state index is 11.3. The fourth-order valence-electron chi connectivity index (χ4n) is 3.39. The molecule has 2 aromatic rings. The number of piperidine rings is 1. The van der Waals surface area contributed by atoms with Gasteiger partial charge < -0.3 is 20.1 Å². The summed E-state index contributed by atoms with van der Waals surface area (Å²) in [7, 11) is 0. The molecule has 27 heavy (non-hydrogen) atoms. The number of cyclic esters (lactones) is 1. The molecule has 7 nitrogen and oxygen atoms in total. The molecule has 3 heterocycles. The van der Waals surface area contributed by atoms with Crippen molar-refractivity contribution in [2.75, 3.05) is 30.3 Å². The molecule has 2 aliphatic heterocycles. The maximum absolute atomic E-state index is 11.3. The van der Waals surface area contributed by atoms with Crippen molar-refractivity contribution in [3.63, 3.8) is 0 Å². The molecule has 0 saturated carbocycles. The van der Waals surface area contributed by atoms with Gasteiger partial charge in [0.25, 0.3) is 0 Å². The van der Waals surface area contributed by atoms with Crippen molar-refractivity contribution in [1.82, 2.24) is 9.97 Å². The quantitative estimate of drug-likeness (QED) is 0.487.